The number of hydrogen-bond donors (Lipinski definition) is 1. The number of nitrogens with zero attached hydrogens (tertiary/aromatic N) is 4. The Morgan fingerprint density at radius 2 is 2.07 bits per heavy atom. The maximum absolute atomic E-state index is 12.3. The molecule has 3 rings (SSSR count). The van der Waals surface area contributed by atoms with E-state index in [2.05, 4.69) is 20.1 Å². The summed E-state index contributed by atoms with van der Waals surface area (Å²) in [4.78, 5) is 26.8. The van der Waals surface area contributed by atoms with Gasteiger partial charge in [0.15, 0.2) is 5.13 Å². The summed E-state index contributed by atoms with van der Waals surface area (Å²) in [6.45, 7) is -2.91. The minimum atomic E-state index is -2.91. The third-order valence-corrected chi connectivity index (χ3v) is 4.19. The number of thiazole rings is 1. The van der Waals surface area contributed by atoms with Crippen LogP contribution in [0.3, 0.4) is 0 Å². The van der Waals surface area contributed by atoms with Crippen molar-refractivity contribution in [3.8, 4) is 17.0 Å². The van der Waals surface area contributed by atoms with Crippen molar-refractivity contribution in [1.29, 1.82) is 0 Å². The molecule has 0 unspecified atom stereocenters. The number of nitrogens with one attached hydrogen (secondary N) is 1. The maximum Gasteiger partial charge on any atom is 0.387 e. The average molecular weight is 395 g/mol. The minimum absolute atomic E-state index is 0.0148. The van der Waals surface area contributed by atoms with Gasteiger partial charge >= 0.3 is 12.3 Å². The molecule has 140 valence electrons. The van der Waals surface area contributed by atoms with E-state index >= 15 is 0 Å². The van der Waals surface area contributed by atoms with Gasteiger partial charge in [-0.25, -0.2) is 4.98 Å². The molecule has 0 spiro atoms. The second-order valence-corrected chi connectivity index (χ2v) is 6.01. The largest absolute Gasteiger partial charge is 0.435 e. The third kappa shape index (κ3) is 4.06. The van der Waals surface area contributed by atoms with Crippen molar-refractivity contribution in [2.45, 2.75) is 6.61 Å². The number of rotatable bonds is 6. The topological polar surface area (TPSA) is 112 Å². The van der Waals surface area contributed by atoms with E-state index < -0.39 is 23.1 Å². The molecule has 1 amide bonds. The Bertz CT molecular complexity index is 987. The molecule has 0 saturated heterocycles. The molecular formula is C15H11F2N5O4S. The van der Waals surface area contributed by atoms with Gasteiger partial charge in [-0.15, -0.1) is 11.3 Å². The van der Waals surface area contributed by atoms with Crippen molar-refractivity contribution in [1.82, 2.24) is 14.8 Å². The standard InChI is InChI=1S/C15H11F2N5O4S/c1-21-12(11(6-18-21)22(24)25)13(23)20-15-19-10(7-27-15)8-2-4-9(5-3-8)26-14(16)17/h2-7,14H,1H3,(H,19,20,23). The first-order chi connectivity index (χ1) is 12.8. The molecule has 12 heteroatoms. The zero-order valence-electron chi connectivity index (χ0n) is 13.6. The van der Waals surface area contributed by atoms with Gasteiger partial charge in [-0.2, -0.15) is 13.9 Å². The fourth-order valence-corrected chi connectivity index (χ4v) is 2.96. The Balaban J connectivity index is 1.76. The smallest absolute Gasteiger partial charge is 0.387 e. The molecule has 0 bridgehead atoms. The summed E-state index contributed by atoms with van der Waals surface area (Å²) >= 11 is 1.11. The number of carbonyl (C=O) groups excluding carboxylic acids is 1. The molecule has 0 atom stereocenters. The third-order valence-electron chi connectivity index (χ3n) is 3.43. The summed E-state index contributed by atoms with van der Waals surface area (Å²) in [7, 11) is 1.41. The number of nitro groups is 1. The molecule has 0 saturated carbocycles. The van der Waals surface area contributed by atoms with E-state index in [9.17, 15) is 23.7 Å². The van der Waals surface area contributed by atoms with Crippen LogP contribution in [0.4, 0.5) is 19.6 Å². The lowest BCUT2D eigenvalue weighted by Crippen LogP contribution is -2.17. The van der Waals surface area contributed by atoms with Crippen LogP contribution < -0.4 is 10.1 Å². The van der Waals surface area contributed by atoms with Crippen molar-refractivity contribution >= 4 is 28.1 Å². The van der Waals surface area contributed by atoms with E-state index in [4.69, 9.17) is 0 Å². The van der Waals surface area contributed by atoms with Crippen LogP contribution in [-0.4, -0.2) is 32.2 Å². The van der Waals surface area contributed by atoms with E-state index in [1.54, 1.807) is 17.5 Å². The molecule has 2 aromatic heterocycles. The van der Waals surface area contributed by atoms with Crippen molar-refractivity contribution in [2.24, 2.45) is 7.05 Å². The Labute approximate surface area is 154 Å². The quantitative estimate of drug-likeness (QED) is 0.506. The first-order valence-corrected chi connectivity index (χ1v) is 8.21. The summed E-state index contributed by atoms with van der Waals surface area (Å²) in [5.74, 6) is -0.704. The number of aryl methyl sites for hydroxylation is 1. The predicted molar refractivity (Wildman–Crippen MR) is 92.0 cm³/mol. The number of ether oxygens (including phenoxy) is 1. The highest BCUT2D eigenvalue weighted by Gasteiger charge is 2.26. The molecule has 2 heterocycles. The predicted octanol–water partition coefficient (Wildman–Crippen LogP) is 3.31. The second-order valence-electron chi connectivity index (χ2n) is 5.15. The minimum Gasteiger partial charge on any atom is -0.435 e. The van der Waals surface area contributed by atoms with Crippen LogP contribution in [0.5, 0.6) is 5.75 Å². The highest BCUT2D eigenvalue weighted by molar-refractivity contribution is 7.14. The molecule has 1 aromatic carbocycles. The molecule has 0 aliphatic rings. The van der Waals surface area contributed by atoms with E-state index in [1.807, 2.05) is 0 Å². The fourth-order valence-electron chi connectivity index (χ4n) is 2.25. The molecule has 0 fully saturated rings. The Morgan fingerprint density at radius 1 is 1.37 bits per heavy atom. The van der Waals surface area contributed by atoms with Gasteiger partial charge < -0.3 is 4.74 Å². The molecule has 27 heavy (non-hydrogen) atoms. The number of carbonyl (C=O) groups is 1. The van der Waals surface area contributed by atoms with Crippen molar-refractivity contribution in [2.75, 3.05) is 5.32 Å². The van der Waals surface area contributed by atoms with Crippen molar-refractivity contribution in [3.05, 3.63) is 51.7 Å². The lowest BCUT2D eigenvalue weighted by molar-refractivity contribution is -0.385. The van der Waals surface area contributed by atoms with E-state index in [0.717, 1.165) is 22.2 Å². The van der Waals surface area contributed by atoms with Gasteiger partial charge in [-0.05, 0) is 24.3 Å². The Hall–Kier alpha value is -3.41. The lowest BCUT2D eigenvalue weighted by atomic mass is 10.2. The maximum atomic E-state index is 12.3. The zero-order valence-corrected chi connectivity index (χ0v) is 14.4. The monoisotopic (exact) mass is 395 g/mol. The van der Waals surface area contributed by atoms with E-state index in [0.29, 0.717) is 11.3 Å². The molecule has 0 radical (unpaired) electrons. The average Bonchev–Trinajstić information content (AvgIpc) is 3.21. The number of halogens is 2. The number of hydrogen-bond acceptors (Lipinski definition) is 7. The van der Waals surface area contributed by atoms with Crippen LogP contribution in [-0.2, 0) is 7.05 Å². The summed E-state index contributed by atoms with van der Waals surface area (Å²) in [5, 5.41) is 19.0. The number of alkyl halides is 2. The molecular weight excluding hydrogens is 384 g/mol. The Kier molecular flexibility index (Phi) is 5.07. The number of amides is 1. The van der Waals surface area contributed by atoms with Crippen LogP contribution in [0, 0.1) is 10.1 Å². The van der Waals surface area contributed by atoms with E-state index in [-0.39, 0.29) is 16.6 Å². The van der Waals surface area contributed by atoms with Crippen LogP contribution >= 0.6 is 11.3 Å². The summed E-state index contributed by atoms with van der Waals surface area (Å²) in [5.41, 5.74) is 0.505. The van der Waals surface area contributed by atoms with E-state index in [1.165, 1.54) is 19.2 Å². The summed E-state index contributed by atoms with van der Waals surface area (Å²) in [6.07, 6.45) is 0.991. The van der Waals surface area contributed by atoms with Gasteiger partial charge in [-0.3, -0.25) is 24.9 Å². The molecule has 1 N–H and O–H groups in total. The first-order valence-electron chi connectivity index (χ1n) is 7.33. The van der Waals surface area contributed by atoms with Crippen molar-refractivity contribution in [3.63, 3.8) is 0 Å². The first kappa shape index (κ1) is 18.4. The fraction of sp³-hybridized carbons (Fsp3) is 0.133. The summed E-state index contributed by atoms with van der Waals surface area (Å²) in [6, 6.07) is 5.84. The van der Waals surface area contributed by atoms with Crippen LogP contribution in [0.15, 0.2) is 35.8 Å². The van der Waals surface area contributed by atoms with Crippen molar-refractivity contribution < 1.29 is 23.2 Å². The SMILES string of the molecule is Cn1ncc([N+](=O)[O-])c1C(=O)Nc1nc(-c2ccc(OC(F)F)cc2)cs1. The molecule has 0 aliphatic carbocycles. The van der Waals surface area contributed by atoms with Gasteiger partial charge in [0.25, 0.3) is 5.91 Å². The zero-order chi connectivity index (χ0) is 19.6. The van der Waals surface area contributed by atoms with Crippen LogP contribution in [0.1, 0.15) is 10.5 Å². The van der Waals surface area contributed by atoms with Gasteiger partial charge in [0.05, 0.1) is 10.6 Å². The number of aromatic nitrogens is 3. The van der Waals surface area contributed by atoms with Crippen LogP contribution in [0.2, 0.25) is 0 Å². The highest BCUT2D eigenvalue weighted by Crippen LogP contribution is 2.28. The van der Waals surface area contributed by atoms with Gasteiger partial charge in [0, 0.05) is 18.0 Å². The Morgan fingerprint density at radius 3 is 2.70 bits per heavy atom. The highest BCUT2D eigenvalue weighted by atomic mass is 32.1. The second kappa shape index (κ2) is 7.45. The lowest BCUT2D eigenvalue weighted by Gasteiger charge is -2.04. The molecule has 9 nitrogen and oxygen atoms in total. The van der Waals surface area contributed by atoms with Gasteiger partial charge in [0.2, 0.25) is 5.69 Å². The normalized spacial score (nSPS) is 10.8. The molecule has 0 aliphatic heterocycles. The number of anilines is 1. The summed E-state index contributed by atoms with van der Waals surface area (Å²) < 4.78 is 29.7. The number of benzene rings is 1. The molecule has 3 aromatic rings. The van der Waals surface area contributed by atoms with Gasteiger partial charge in [0.1, 0.15) is 11.9 Å². The van der Waals surface area contributed by atoms with Crippen LogP contribution in [0.25, 0.3) is 11.3 Å². The van der Waals surface area contributed by atoms with Gasteiger partial charge in [-0.1, -0.05) is 0 Å².